The van der Waals surface area contributed by atoms with Gasteiger partial charge in [-0.3, -0.25) is 0 Å². The van der Waals surface area contributed by atoms with E-state index in [4.69, 9.17) is 9.47 Å². The minimum atomic E-state index is 0.0400. The fourth-order valence-corrected chi connectivity index (χ4v) is 3.45. The van der Waals surface area contributed by atoms with E-state index in [1.165, 1.54) is 18.4 Å². The average molecular weight is 342 g/mol. The van der Waals surface area contributed by atoms with Crippen LogP contribution in [0.4, 0.5) is 0 Å². The molecule has 0 unspecified atom stereocenters. The van der Waals surface area contributed by atoms with Gasteiger partial charge in [0, 0.05) is 22.1 Å². The smallest absolute Gasteiger partial charge is 0.127 e. The Bertz CT molecular complexity index is 470. The molecule has 0 atom stereocenters. The highest BCUT2D eigenvalue weighted by molar-refractivity contribution is 9.10. The van der Waals surface area contributed by atoms with Gasteiger partial charge in [-0.2, -0.15) is 0 Å². The third kappa shape index (κ3) is 3.67. The molecule has 1 fully saturated rings. The lowest BCUT2D eigenvalue weighted by atomic mass is 9.81. The molecule has 0 aromatic heterocycles. The first-order valence-electron chi connectivity index (χ1n) is 7.13. The van der Waals surface area contributed by atoms with E-state index >= 15 is 0 Å². The van der Waals surface area contributed by atoms with E-state index in [0.29, 0.717) is 0 Å². The molecule has 1 aliphatic rings. The van der Waals surface area contributed by atoms with Crippen LogP contribution in [0.3, 0.4) is 0 Å². The summed E-state index contributed by atoms with van der Waals surface area (Å²) in [5, 5.41) is 3.58. The second kappa shape index (κ2) is 6.35. The number of benzene rings is 1. The van der Waals surface area contributed by atoms with E-state index in [0.717, 1.165) is 35.0 Å². The highest BCUT2D eigenvalue weighted by Crippen LogP contribution is 2.42. The second-order valence-corrected chi connectivity index (χ2v) is 6.90. The van der Waals surface area contributed by atoms with Gasteiger partial charge in [-0.05, 0) is 37.3 Å². The molecule has 2 rings (SSSR count). The largest absolute Gasteiger partial charge is 0.497 e. The van der Waals surface area contributed by atoms with E-state index < -0.39 is 0 Å². The number of methoxy groups -OCH3 is 2. The summed E-state index contributed by atoms with van der Waals surface area (Å²) >= 11 is 3.67. The van der Waals surface area contributed by atoms with E-state index in [1.807, 2.05) is 12.1 Å². The lowest BCUT2D eigenvalue weighted by Gasteiger charge is -2.29. The third-order valence-corrected chi connectivity index (χ3v) is 4.55. The number of ether oxygens (including phenoxy) is 2. The molecule has 1 saturated carbocycles. The minimum absolute atomic E-state index is 0.0400. The Kier molecular flexibility index (Phi) is 4.97. The quantitative estimate of drug-likeness (QED) is 0.816. The lowest BCUT2D eigenvalue weighted by molar-refractivity contribution is 0.371. The van der Waals surface area contributed by atoms with Crippen LogP contribution in [0, 0.1) is 0 Å². The van der Waals surface area contributed by atoms with Gasteiger partial charge in [-0.15, -0.1) is 0 Å². The van der Waals surface area contributed by atoms with Gasteiger partial charge in [0.15, 0.2) is 0 Å². The van der Waals surface area contributed by atoms with Crippen molar-refractivity contribution >= 4 is 15.9 Å². The van der Waals surface area contributed by atoms with Crippen molar-refractivity contribution in [3.05, 3.63) is 22.2 Å². The Morgan fingerprint density at radius 1 is 1.25 bits per heavy atom. The number of hydrogen-bond donors (Lipinski definition) is 1. The zero-order chi connectivity index (χ0) is 14.8. The molecule has 4 heteroatoms. The monoisotopic (exact) mass is 341 g/mol. The van der Waals surface area contributed by atoms with Crippen molar-refractivity contribution < 1.29 is 9.47 Å². The Balaban J connectivity index is 2.19. The Hall–Kier alpha value is -0.740. The van der Waals surface area contributed by atoms with E-state index in [2.05, 4.69) is 35.1 Å². The maximum atomic E-state index is 5.56. The summed E-state index contributed by atoms with van der Waals surface area (Å²) in [6.07, 6.45) is 3.73. The van der Waals surface area contributed by atoms with Crippen molar-refractivity contribution in [3.63, 3.8) is 0 Å². The molecule has 0 bridgehead atoms. The molecule has 0 radical (unpaired) electrons. The van der Waals surface area contributed by atoms with Gasteiger partial charge >= 0.3 is 0 Å². The van der Waals surface area contributed by atoms with Crippen LogP contribution < -0.4 is 14.8 Å². The van der Waals surface area contributed by atoms with Crippen LogP contribution in [-0.2, 0) is 5.41 Å². The summed E-state index contributed by atoms with van der Waals surface area (Å²) in [7, 11) is 3.38. The molecule has 0 amide bonds. The van der Waals surface area contributed by atoms with Crippen LogP contribution in [0.1, 0.15) is 38.7 Å². The lowest BCUT2D eigenvalue weighted by Crippen LogP contribution is -2.27. The number of hydrogen-bond acceptors (Lipinski definition) is 3. The highest BCUT2D eigenvalue weighted by atomic mass is 79.9. The van der Waals surface area contributed by atoms with E-state index in [1.54, 1.807) is 14.2 Å². The van der Waals surface area contributed by atoms with E-state index in [-0.39, 0.29) is 5.41 Å². The van der Waals surface area contributed by atoms with Gasteiger partial charge in [-0.25, -0.2) is 0 Å². The first kappa shape index (κ1) is 15.6. The summed E-state index contributed by atoms with van der Waals surface area (Å²) in [5.74, 6) is 1.69. The molecule has 20 heavy (non-hydrogen) atoms. The third-order valence-electron chi connectivity index (χ3n) is 3.92. The van der Waals surface area contributed by atoms with Crippen molar-refractivity contribution in [2.75, 3.05) is 20.8 Å². The van der Waals surface area contributed by atoms with Crippen LogP contribution in [-0.4, -0.2) is 26.8 Å². The van der Waals surface area contributed by atoms with Gasteiger partial charge in [0.05, 0.1) is 14.2 Å². The number of halogens is 1. The van der Waals surface area contributed by atoms with Crippen LogP contribution in [0.5, 0.6) is 11.5 Å². The molecule has 1 N–H and O–H groups in total. The summed E-state index contributed by atoms with van der Waals surface area (Å²) in [5.41, 5.74) is 1.25. The molecular formula is C16H24BrNO2. The highest BCUT2D eigenvalue weighted by Gasteiger charge is 2.29. The maximum Gasteiger partial charge on any atom is 0.127 e. The van der Waals surface area contributed by atoms with Crippen LogP contribution >= 0.6 is 15.9 Å². The van der Waals surface area contributed by atoms with Crippen LogP contribution in [0.2, 0.25) is 0 Å². The molecule has 0 spiro atoms. The first-order chi connectivity index (χ1) is 9.47. The fourth-order valence-electron chi connectivity index (χ4n) is 2.49. The SMILES string of the molecule is COc1cc(Br)c(C(C)(C)CCNC2CC2)c(OC)c1. The predicted molar refractivity (Wildman–Crippen MR) is 85.9 cm³/mol. The summed E-state index contributed by atoms with van der Waals surface area (Å²) in [6, 6.07) is 4.72. The van der Waals surface area contributed by atoms with Crippen LogP contribution in [0.25, 0.3) is 0 Å². The predicted octanol–water partition coefficient (Wildman–Crippen LogP) is 3.89. The van der Waals surface area contributed by atoms with Gasteiger partial charge in [0.1, 0.15) is 11.5 Å². The molecule has 3 nitrogen and oxygen atoms in total. The zero-order valence-corrected chi connectivity index (χ0v) is 14.3. The molecule has 1 aromatic carbocycles. The molecule has 1 aromatic rings. The van der Waals surface area contributed by atoms with Crippen molar-refractivity contribution in [3.8, 4) is 11.5 Å². The molecule has 0 aliphatic heterocycles. The minimum Gasteiger partial charge on any atom is -0.497 e. The normalized spacial score (nSPS) is 15.2. The fraction of sp³-hybridized carbons (Fsp3) is 0.625. The van der Waals surface area contributed by atoms with Crippen LogP contribution in [0.15, 0.2) is 16.6 Å². The number of nitrogens with one attached hydrogen (secondary N) is 1. The molecule has 0 heterocycles. The molecular weight excluding hydrogens is 318 g/mol. The standard InChI is InChI=1S/C16H24BrNO2/c1-16(2,7-8-18-11-5-6-11)15-13(17)9-12(19-3)10-14(15)20-4/h9-11,18H,5-8H2,1-4H3. The summed E-state index contributed by atoms with van der Waals surface area (Å²) in [4.78, 5) is 0. The van der Waals surface area contributed by atoms with Gasteiger partial charge in [0.25, 0.3) is 0 Å². The van der Waals surface area contributed by atoms with Gasteiger partial charge in [-0.1, -0.05) is 29.8 Å². The average Bonchev–Trinajstić information content (AvgIpc) is 3.21. The molecule has 1 aliphatic carbocycles. The van der Waals surface area contributed by atoms with Crippen molar-refractivity contribution in [1.82, 2.24) is 5.32 Å². The van der Waals surface area contributed by atoms with Crippen molar-refractivity contribution in [1.29, 1.82) is 0 Å². The van der Waals surface area contributed by atoms with Gasteiger partial charge in [0.2, 0.25) is 0 Å². The number of rotatable bonds is 7. The second-order valence-electron chi connectivity index (χ2n) is 6.05. The summed E-state index contributed by atoms with van der Waals surface area (Å²) in [6.45, 7) is 5.56. The summed E-state index contributed by atoms with van der Waals surface area (Å²) < 4.78 is 11.9. The molecule has 112 valence electrons. The van der Waals surface area contributed by atoms with Crippen molar-refractivity contribution in [2.24, 2.45) is 0 Å². The Morgan fingerprint density at radius 3 is 2.50 bits per heavy atom. The molecule has 0 saturated heterocycles. The first-order valence-corrected chi connectivity index (χ1v) is 7.92. The topological polar surface area (TPSA) is 30.5 Å². The van der Waals surface area contributed by atoms with Crippen molar-refractivity contribution in [2.45, 2.75) is 44.6 Å². The van der Waals surface area contributed by atoms with Gasteiger partial charge < -0.3 is 14.8 Å². The van der Waals surface area contributed by atoms with E-state index in [9.17, 15) is 0 Å². The maximum absolute atomic E-state index is 5.56. The Labute approximate surface area is 130 Å². The zero-order valence-electron chi connectivity index (χ0n) is 12.8. The Morgan fingerprint density at radius 2 is 1.95 bits per heavy atom.